The number of hydrogen-bond acceptors (Lipinski definition) is 2. The van der Waals surface area contributed by atoms with E-state index in [9.17, 15) is 0 Å². The van der Waals surface area contributed by atoms with Gasteiger partial charge in [0.1, 0.15) is 5.82 Å². The zero-order valence-corrected chi connectivity index (χ0v) is 10.6. The highest BCUT2D eigenvalue weighted by molar-refractivity contribution is 5.38. The molecule has 1 aliphatic rings. The molecule has 1 atom stereocenters. The normalized spacial score (nSPS) is 22.2. The fourth-order valence-corrected chi connectivity index (χ4v) is 2.43. The topological polar surface area (TPSA) is 16.1 Å². The monoisotopic (exact) mass is 218 g/mol. The average molecular weight is 218 g/mol. The van der Waals surface area contributed by atoms with E-state index in [4.69, 9.17) is 0 Å². The van der Waals surface area contributed by atoms with Gasteiger partial charge in [0, 0.05) is 19.3 Å². The van der Waals surface area contributed by atoms with E-state index in [1.165, 1.54) is 12.8 Å². The Balaban J connectivity index is 2.08. The summed E-state index contributed by atoms with van der Waals surface area (Å²) in [7, 11) is 0. The molecule has 1 saturated heterocycles. The van der Waals surface area contributed by atoms with E-state index in [1.54, 1.807) is 0 Å². The van der Waals surface area contributed by atoms with Crippen LogP contribution in [0.1, 0.15) is 33.6 Å². The molecule has 1 aliphatic heterocycles. The lowest BCUT2D eigenvalue weighted by atomic mass is 9.76. The average Bonchev–Trinajstić information content (AvgIpc) is 2.29. The molecule has 2 rings (SSSR count). The van der Waals surface area contributed by atoms with Crippen molar-refractivity contribution in [2.75, 3.05) is 18.0 Å². The van der Waals surface area contributed by atoms with Crippen LogP contribution >= 0.6 is 0 Å². The maximum atomic E-state index is 4.44. The van der Waals surface area contributed by atoms with Crippen LogP contribution in [0.4, 0.5) is 5.82 Å². The molecule has 0 saturated carbocycles. The van der Waals surface area contributed by atoms with Gasteiger partial charge < -0.3 is 4.90 Å². The quantitative estimate of drug-likeness (QED) is 0.718. The van der Waals surface area contributed by atoms with Crippen molar-refractivity contribution in [1.29, 1.82) is 0 Å². The lowest BCUT2D eigenvalue weighted by molar-refractivity contribution is 0.208. The molecule has 2 heterocycles. The summed E-state index contributed by atoms with van der Waals surface area (Å²) in [6.45, 7) is 9.35. The summed E-state index contributed by atoms with van der Waals surface area (Å²) in [5.74, 6) is 1.92. The van der Waals surface area contributed by atoms with E-state index in [2.05, 4.69) is 42.8 Å². The zero-order valence-electron chi connectivity index (χ0n) is 10.6. The highest BCUT2D eigenvalue weighted by Crippen LogP contribution is 2.34. The summed E-state index contributed by atoms with van der Waals surface area (Å²) in [6, 6.07) is 6.17. The summed E-state index contributed by atoms with van der Waals surface area (Å²) in [6.07, 6.45) is 4.53. The van der Waals surface area contributed by atoms with Gasteiger partial charge in [0.05, 0.1) is 0 Å². The van der Waals surface area contributed by atoms with Crippen molar-refractivity contribution in [3.63, 3.8) is 0 Å². The second-order valence-corrected chi connectivity index (χ2v) is 5.84. The van der Waals surface area contributed by atoms with Crippen molar-refractivity contribution in [2.45, 2.75) is 33.6 Å². The molecule has 2 heteroatoms. The first-order chi connectivity index (χ1) is 7.57. The minimum absolute atomic E-state index is 0.410. The third-order valence-corrected chi connectivity index (χ3v) is 3.62. The molecule has 1 aromatic rings. The molecule has 0 amide bonds. The molecule has 0 bridgehead atoms. The minimum Gasteiger partial charge on any atom is -0.356 e. The van der Waals surface area contributed by atoms with E-state index in [-0.39, 0.29) is 0 Å². The highest BCUT2D eigenvalue weighted by atomic mass is 15.2. The molecular formula is C14H22N2. The number of aromatic nitrogens is 1. The smallest absolute Gasteiger partial charge is 0.128 e. The van der Waals surface area contributed by atoms with Crippen LogP contribution in [0, 0.1) is 11.3 Å². The van der Waals surface area contributed by atoms with Gasteiger partial charge in [0.25, 0.3) is 0 Å². The van der Waals surface area contributed by atoms with Crippen LogP contribution in [-0.2, 0) is 0 Å². The third-order valence-electron chi connectivity index (χ3n) is 3.62. The number of rotatable bonds is 1. The number of piperidine rings is 1. The van der Waals surface area contributed by atoms with Gasteiger partial charge >= 0.3 is 0 Å². The molecule has 0 aromatic carbocycles. The lowest BCUT2D eigenvalue weighted by Gasteiger charge is -2.40. The zero-order chi connectivity index (χ0) is 11.6. The standard InChI is InChI=1S/C14H22N2/c1-14(2,3)12-7-6-10-16(11-12)13-8-4-5-9-15-13/h4-5,8-9,12H,6-7,10-11H2,1-3H3/t12-/m0/s1. The Morgan fingerprint density at radius 2 is 2.12 bits per heavy atom. The fraction of sp³-hybridized carbons (Fsp3) is 0.643. The van der Waals surface area contributed by atoms with Gasteiger partial charge in [0.15, 0.2) is 0 Å². The molecule has 1 fully saturated rings. The molecule has 2 nitrogen and oxygen atoms in total. The van der Waals surface area contributed by atoms with Crippen molar-refractivity contribution in [3.8, 4) is 0 Å². The number of pyridine rings is 1. The molecule has 0 radical (unpaired) electrons. The lowest BCUT2D eigenvalue weighted by Crippen LogP contribution is -2.40. The predicted octanol–water partition coefficient (Wildman–Crippen LogP) is 3.34. The Morgan fingerprint density at radius 3 is 2.75 bits per heavy atom. The van der Waals surface area contributed by atoms with Crippen LogP contribution in [-0.4, -0.2) is 18.1 Å². The van der Waals surface area contributed by atoms with E-state index < -0.39 is 0 Å². The van der Waals surface area contributed by atoms with Crippen molar-refractivity contribution in [1.82, 2.24) is 4.98 Å². The first-order valence-electron chi connectivity index (χ1n) is 6.23. The van der Waals surface area contributed by atoms with Crippen molar-refractivity contribution < 1.29 is 0 Å². The number of nitrogens with zero attached hydrogens (tertiary/aromatic N) is 2. The van der Waals surface area contributed by atoms with Crippen LogP contribution in [0.2, 0.25) is 0 Å². The van der Waals surface area contributed by atoms with Crippen LogP contribution in [0.5, 0.6) is 0 Å². The van der Waals surface area contributed by atoms with Crippen LogP contribution in [0.3, 0.4) is 0 Å². The van der Waals surface area contributed by atoms with Gasteiger partial charge in [-0.15, -0.1) is 0 Å². The first-order valence-corrected chi connectivity index (χ1v) is 6.23. The van der Waals surface area contributed by atoms with Gasteiger partial charge in [-0.05, 0) is 36.3 Å². The van der Waals surface area contributed by atoms with Crippen LogP contribution in [0.15, 0.2) is 24.4 Å². The Bertz CT molecular complexity index is 326. The molecule has 0 spiro atoms. The maximum absolute atomic E-state index is 4.44. The summed E-state index contributed by atoms with van der Waals surface area (Å²) in [5.41, 5.74) is 0.410. The van der Waals surface area contributed by atoms with E-state index in [1.807, 2.05) is 12.3 Å². The fourth-order valence-electron chi connectivity index (χ4n) is 2.43. The third kappa shape index (κ3) is 2.55. The van der Waals surface area contributed by atoms with Gasteiger partial charge in [0.2, 0.25) is 0 Å². The van der Waals surface area contributed by atoms with E-state index in [0.29, 0.717) is 5.41 Å². The maximum Gasteiger partial charge on any atom is 0.128 e. The second-order valence-electron chi connectivity index (χ2n) is 5.84. The molecular weight excluding hydrogens is 196 g/mol. The SMILES string of the molecule is CC(C)(C)[C@H]1CCCN(c2ccccn2)C1. The minimum atomic E-state index is 0.410. The Morgan fingerprint density at radius 1 is 1.31 bits per heavy atom. The number of hydrogen-bond donors (Lipinski definition) is 0. The second kappa shape index (κ2) is 4.44. The summed E-state index contributed by atoms with van der Waals surface area (Å²) in [4.78, 5) is 6.87. The summed E-state index contributed by atoms with van der Waals surface area (Å²) < 4.78 is 0. The van der Waals surface area contributed by atoms with Crippen LogP contribution in [0.25, 0.3) is 0 Å². The van der Waals surface area contributed by atoms with Gasteiger partial charge in [-0.1, -0.05) is 26.8 Å². The predicted molar refractivity (Wildman–Crippen MR) is 68.6 cm³/mol. The molecule has 1 aromatic heterocycles. The van der Waals surface area contributed by atoms with E-state index >= 15 is 0 Å². The van der Waals surface area contributed by atoms with E-state index in [0.717, 1.165) is 24.8 Å². The molecule has 0 aliphatic carbocycles. The number of anilines is 1. The highest BCUT2D eigenvalue weighted by Gasteiger charge is 2.29. The first kappa shape index (κ1) is 11.4. The van der Waals surface area contributed by atoms with Gasteiger partial charge in [-0.2, -0.15) is 0 Å². The Hall–Kier alpha value is -1.05. The van der Waals surface area contributed by atoms with Gasteiger partial charge in [-0.25, -0.2) is 4.98 Å². The molecule has 88 valence electrons. The van der Waals surface area contributed by atoms with Crippen molar-refractivity contribution in [3.05, 3.63) is 24.4 Å². The molecule has 0 unspecified atom stereocenters. The van der Waals surface area contributed by atoms with Gasteiger partial charge in [-0.3, -0.25) is 0 Å². The Kier molecular flexibility index (Phi) is 3.17. The Labute approximate surface area is 98.7 Å². The summed E-state index contributed by atoms with van der Waals surface area (Å²) >= 11 is 0. The largest absolute Gasteiger partial charge is 0.356 e. The molecule has 16 heavy (non-hydrogen) atoms. The summed E-state index contributed by atoms with van der Waals surface area (Å²) in [5, 5.41) is 0. The van der Waals surface area contributed by atoms with Crippen LogP contribution < -0.4 is 4.90 Å². The molecule has 0 N–H and O–H groups in total. The van der Waals surface area contributed by atoms with Crippen molar-refractivity contribution in [2.24, 2.45) is 11.3 Å². The van der Waals surface area contributed by atoms with Crippen molar-refractivity contribution >= 4 is 5.82 Å².